The minimum atomic E-state index is -1.11. The number of amides is 2. The van der Waals surface area contributed by atoms with Gasteiger partial charge in [-0.25, -0.2) is 4.39 Å². The molecule has 2 rings (SSSR count). The van der Waals surface area contributed by atoms with Crippen molar-refractivity contribution in [1.82, 2.24) is 5.32 Å². The Bertz CT molecular complexity index is 847. The molecular formula is C20H21FN2O4. The van der Waals surface area contributed by atoms with E-state index in [1.54, 1.807) is 56.3 Å². The average Bonchev–Trinajstić information content (AvgIpc) is 2.61. The maximum Gasteiger partial charge on any atom is 0.322 e. The van der Waals surface area contributed by atoms with Gasteiger partial charge in [0.15, 0.2) is 0 Å². The molecule has 0 radical (unpaired) electrons. The van der Waals surface area contributed by atoms with Crippen molar-refractivity contribution in [2.24, 2.45) is 0 Å². The number of benzene rings is 2. The molecule has 0 spiro atoms. The van der Waals surface area contributed by atoms with Crippen molar-refractivity contribution in [2.45, 2.75) is 25.7 Å². The summed E-state index contributed by atoms with van der Waals surface area (Å²) in [5.41, 5.74) is 0.415. The summed E-state index contributed by atoms with van der Waals surface area (Å²) in [4.78, 5) is 34.7. The predicted molar refractivity (Wildman–Crippen MR) is 98.8 cm³/mol. The highest BCUT2D eigenvalue weighted by Crippen LogP contribution is 2.27. The van der Waals surface area contributed by atoms with E-state index in [2.05, 4.69) is 10.6 Å². The third-order valence-corrected chi connectivity index (χ3v) is 4.13. The van der Waals surface area contributed by atoms with Gasteiger partial charge in [-0.2, -0.15) is 0 Å². The van der Waals surface area contributed by atoms with Gasteiger partial charge in [0, 0.05) is 11.3 Å². The number of nitrogens with one attached hydrogen (secondary N) is 2. The maximum absolute atomic E-state index is 14.0. The standard InChI is InChI=1S/C20H21FN2O4/c1-20(2,15-5-3-4-6-16(15)21)19(27)23-14-9-7-13(8-10-14)11-17(24)22-12-18(25)26/h3-10H,11-12H2,1-2H3,(H,22,24)(H,23,27)(H,25,26). The molecule has 0 aliphatic carbocycles. The molecular weight excluding hydrogens is 351 g/mol. The van der Waals surface area contributed by atoms with E-state index < -0.39 is 29.7 Å². The summed E-state index contributed by atoms with van der Waals surface area (Å²) < 4.78 is 14.0. The zero-order valence-electron chi connectivity index (χ0n) is 15.1. The zero-order chi connectivity index (χ0) is 20.0. The summed E-state index contributed by atoms with van der Waals surface area (Å²) >= 11 is 0. The molecule has 0 aliphatic rings. The first kappa shape index (κ1) is 20.1. The molecule has 0 aromatic heterocycles. The highest BCUT2D eigenvalue weighted by atomic mass is 19.1. The second-order valence-corrected chi connectivity index (χ2v) is 6.60. The van der Waals surface area contributed by atoms with Crippen LogP contribution in [0.1, 0.15) is 25.0 Å². The van der Waals surface area contributed by atoms with Crippen LogP contribution in [0.25, 0.3) is 0 Å². The predicted octanol–water partition coefficient (Wildman–Crippen LogP) is 2.49. The first-order valence-electron chi connectivity index (χ1n) is 8.34. The molecule has 0 atom stereocenters. The van der Waals surface area contributed by atoms with Crippen LogP contribution < -0.4 is 10.6 Å². The lowest BCUT2D eigenvalue weighted by molar-refractivity contribution is -0.137. The molecule has 6 nitrogen and oxygen atoms in total. The fourth-order valence-electron chi connectivity index (χ4n) is 2.51. The van der Waals surface area contributed by atoms with Crippen LogP contribution in [0.2, 0.25) is 0 Å². The molecule has 0 unspecified atom stereocenters. The molecule has 0 saturated heterocycles. The Labute approximate surface area is 156 Å². The third-order valence-electron chi connectivity index (χ3n) is 4.13. The highest BCUT2D eigenvalue weighted by molar-refractivity contribution is 5.98. The van der Waals surface area contributed by atoms with Crippen molar-refractivity contribution in [2.75, 3.05) is 11.9 Å². The highest BCUT2D eigenvalue weighted by Gasteiger charge is 2.32. The fourth-order valence-corrected chi connectivity index (χ4v) is 2.51. The van der Waals surface area contributed by atoms with Crippen LogP contribution in [0, 0.1) is 5.82 Å². The van der Waals surface area contributed by atoms with Crippen LogP contribution in [0.5, 0.6) is 0 Å². The lowest BCUT2D eigenvalue weighted by Gasteiger charge is -2.24. The van der Waals surface area contributed by atoms with E-state index in [-0.39, 0.29) is 12.3 Å². The fraction of sp³-hybridized carbons (Fsp3) is 0.250. The van der Waals surface area contributed by atoms with Crippen LogP contribution in [0.4, 0.5) is 10.1 Å². The monoisotopic (exact) mass is 372 g/mol. The van der Waals surface area contributed by atoms with Gasteiger partial charge in [0.05, 0.1) is 11.8 Å². The number of hydrogen-bond acceptors (Lipinski definition) is 3. The molecule has 0 aliphatic heterocycles. The SMILES string of the molecule is CC(C)(C(=O)Nc1ccc(CC(=O)NCC(=O)O)cc1)c1ccccc1F. The molecule has 0 saturated carbocycles. The van der Waals surface area contributed by atoms with E-state index in [9.17, 15) is 18.8 Å². The molecule has 0 fully saturated rings. The van der Waals surface area contributed by atoms with Gasteiger partial charge < -0.3 is 15.7 Å². The molecule has 7 heteroatoms. The number of carbonyl (C=O) groups is 3. The summed E-state index contributed by atoms with van der Waals surface area (Å²) in [5, 5.41) is 13.6. The van der Waals surface area contributed by atoms with E-state index in [0.29, 0.717) is 16.8 Å². The molecule has 0 bridgehead atoms. The van der Waals surface area contributed by atoms with Crippen LogP contribution in [-0.2, 0) is 26.2 Å². The minimum absolute atomic E-state index is 0.0300. The van der Waals surface area contributed by atoms with Crippen molar-refractivity contribution in [3.63, 3.8) is 0 Å². The quantitative estimate of drug-likeness (QED) is 0.696. The summed E-state index contributed by atoms with van der Waals surface area (Å²) in [5.74, 6) is -2.33. The summed E-state index contributed by atoms with van der Waals surface area (Å²) in [6.45, 7) is 2.85. The Hall–Kier alpha value is -3.22. The Morgan fingerprint density at radius 3 is 2.26 bits per heavy atom. The number of carbonyl (C=O) groups excluding carboxylic acids is 2. The Balaban J connectivity index is 2.01. The van der Waals surface area contributed by atoms with Gasteiger partial charge in [-0.15, -0.1) is 0 Å². The van der Waals surface area contributed by atoms with Crippen molar-refractivity contribution in [1.29, 1.82) is 0 Å². The molecule has 142 valence electrons. The van der Waals surface area contributed by atoms with Gasteiger partial charge in [0.2, 0.25) is 11.8 Å². The number of carboxylic acid groups (broad SMARTS) is 1. The number of rotatable bonds is 7. The van der Waals surface area contributed by atoms with Gasteiger partial charge in [-0.3, -0.25) is 14.4 Å². The second-order valence-electron chi connectivity index (χ2n) is 6.60. The Kier molecular flexibility index (Phi) is 6.28. The van der Waals surface area contributed by atoms with Crippen LogP contribution in [0.3, 0.4) is 0 Å². The largest absolute Gasteiger partial charge is 0.480 e. The molecule has 27 heavy (non-hydrogen) atoms. The number of carboxylic acids is 1. The number of anilines is 1. The van der Waals surface area contributed by atoms with Crippen LogP contribution >= 0.6 is 0 Å². The van der Waals surface area contributed by atoms with E-state index in [1.165, 1.54) is 6.07 Å². The summed E-state index contributed by atoms with van der Waals surface area (Å²) in [6.07, 6.45) is 0.0300. The van der Waals surface area contributed by atoms with Gasteiger partial charge in [-0.05, 0) is 37.6 Å². The van der Waals surface area contributed by atoms with Crippen LogP contribution in [0.15, 0.2) is 48.5 Å². The first-order valence-corrected chi connectivity index (χ1v) is 8.34. The smallest absolute Gasteiger partial charge is 0.322 e. The van der Waals surface area contributed by atoms with Crippen LogP contribution in [-0.4, -0.2) is 29.4 Å². The average molecular weight is 372 g/mol. The molecule has 2 aromatic carbocycles. The van der Waals surface area contributed by atoms with E-state index in [4.69, 9.17) is 5.11 Å². The van der Waals surface area contributed by atoms with Gasteiger partial charge in [0.1, 0.15) is 12.4 Å². The van der Waals surface area contributed by atoms with Crippen molar-refractivity contribution >= 4 is 23.5 Å². The normalized spacial score (nSPS) is 10.9. The molecule has 0 heterocycles. The number of halogens is 1. The van der Waals surface area contributed by atoms with Crippen molar-refractivity contribution < 1.29 is 23.9 Å². The van der Waals surface area contributed by atoms with Gasteiger partial charge in [-0.1, -0.05) is 30.3 Å². The molecule has 2 aromatic rings. The van der Waals surface area contributed by atoms with Gasteiger partial charge in [0.25, 0.3) is 0 Å². The minimum Gasteiger partial charge on any atom is -0.480 e. The Morgan fingerprint density at radius 2 is 1.67 bits per heavy atom. The lowest BCUT2D eigenvalue weighted by atomic mass is 9.83. The Morgan fingerprint density at radius 1 is 1.04 bits per heavy atom. The molecule has 3 N–H and O–H groups in total. The summed E-state index contributed by atoms with van der Waals surface area (Å²) in [6, 6.07) is 12.7. The maximum atomic E-state index is 14.0. The van der Waals surface area contributed by atoms with Crippen molar-refractivity contribution in [3.05, 3.63) is 65.5 Å². The van der Waals surface area contributed by atoms with Gasteiger partial charge >= 0.3 is 5.97 Å². The second kappa shape index (κ2) is 8.44. The van der Waals surface area contributed by atoms with Crippen molar-refractivity contribution in [3.8, 4) is 0 Å². The van der Waals surface area contributed by atoms with E-state index in [0.717, 1.165) is 0 Å². The third kappa shape index (κ3) is 5.37. The number of aliphatic carboxylic acids is 1. The molecule has 2 amide bonds. The zero-order valence-corrected chi connectivity index (χ0v) is 15.1. The topological polar surface area (TPSA) is 95.5 Å². The summed E-state index contributed by atoms with van der Waals surface area (Å²) in [7, 11) is 0. The van der Waals surface area contributed by atoms with E-state index in [1.807, 2.05) is 0 Å². The lowest BCUT2D eigenvalue weighted by Crippen LogP contribution is -2.35. The van der Waals surface area contributed by atoms with E-state index >= 15 is 0 Å². The first-order chi connectivity index (χ1) is 12.7. The number of hydrogen-bond donors (Lipinski definition) is 3.